The molecule has 2 rings (SSSR count). The first-order chi connectivity index (χ1) is 7.56. The van der Waals surface area contributed by atoms with Crippen molar-refractivity contribution in [3.63, 3.8) is 0 Å². The van der Waals surface area contributed by atoms with Gasteiger partial charge in [-0.25, -0.2) is 9.78 Å². The van der Waals surface area contributed by atoms with Gasteiger partial charge in [0.2, 0.25) is 0 Å². The highest BCUT2D eigenvalue weighted by Crippen LogP contribution is 2.08. The molecule has 0 amide bonds. The Morgan fingerprint density at radius 1 is 1.56 bits per heavy atom. The maximum atomic E-state index is 11.4. The monoisotopic (exact) mass is 257 g/mol. The van der Waals surface area contributed by atoms with Crippen molar-refractivity contribution in [1.29, 1.82) is 0 Å². The number of rotatable bonds is 2. The first-order valence-electron chi connectivity index (χ1n) is 4.46. The lowest BCUT2D eigenvalue weighted by Gasteiger charge is -2.02. The molecule has 0 spiro atoms. The molecule has 0 fully saturated rings. The molecule has 84 valence electrons. The zero-order valence-electron chi connectivity index (χ0n) is 8.36. The lowest BCUT2D eigenvalue weighted by atomic mass is 10.4. The predicted octanol–water partition coefficient (Wildman–Crippen LogP) is 1.00. The number of nitrogens with zero attached hydrogens (tertiary/aromatic N) is 2. The number of aromatic amines is 1. The molecule has 2 aromatic heterocycles. The highest BCUT2D eigenvalue weighted by atomic mass is 35.5. The summed E-state index contributed by atoms with van der Waals surface area (Å²) in [7, 11) is 0. The van der Waals surface area contributed by atoms with E-state index < -0.39 is 11.2 Å². The number of hydrogen-bond donors (Lipinski definition) is 1. The molecule has 16 heavy (non-hydrogen) atoms. The molecule has 1 N–H and O–H groups in total. The van der Waals surface area contributed by atoms with E-state index >= 15 is 0 Å². The van der Waals surface area contributed by atoms with E-state index in [2.05, 4.69) is 9.97 Å². The summed E-state index contributed by atoms with van der Waals surface area (Å²) < 4.78 is 1.32. The van der Waals surface area contributed by atoms with Crippen LogP contribution in [-0.4, -0.2) is 14.5 Å². The highest BCUT2D eigenvalue weighted by Gasteiger charge is 2.04. The Labute approximate surface area is 99.4 Å². The Kier molecular flexibility index (Phi) is 2.93. The fourth-order valence-corrected chi connectivity index (χ4v) is 2.02. The van der Waals surface area contributed by atoms with Crippen LogP contribution in [0, 0.1) is 6.92 Å². The highest BCUT2D eigenvalue weighted by molar-refractivity contribution is 7.09. The van der Waals surface area contributed by atoms with Gasteiger partial charge in [-0.2, -0.15) is 0 Å². The van der Waals surface area contributed by atoms with Crippen LogP contribution in [0.4, 0.5) is 0 Å². The van der Waals surface area contributed by atoms with E-state index in [1.54, 1.807) is 0 Å². The van der Waals surface area contributed by atoms with E-state index in [-0.39, 0.29) is 5.02 Å². The van der Waals surface area contributed by atoms with Crippen LogP contribution >= 0.6 is 22.9 Å². The van der Waals surface area contributed by atoms with Crippen LogP contribution in [0.1, 0.15) is 10.7 Å². The molecule has 0 atom stereocenters. The minimum Gasteiger partial charge on any atom is -0.293 e. The van der Waals surface area contributed by atoms with Gasteiger partial charge in [0.25, 0.3) is 5.56 Å². The summed E-state index contributed by atoms with van der Waals surface area (Å²) in [5, 5.41) is 2.78. The first kappa shape index (κ1) is 11.1. The Morgan fingerprint density at radius 2 is 2.31 bits per heavy atom. The van der Waals surface area contributed by atoms with Gasteiger partial charge < -0.3 is 0 Å². The van der Waals surface area contributed by atoms with Gasteiger partial charge in [0.15, 0.2) is 0 Å². The number of halogens is 1. The minimum absolute atomic E-state index is 0.00782. The van der Waals surface area contributed by atoms with Gasteiger partial charge in [-0.05, 0) is 6.92 Å². The second kappa shape index (κ2) is 4.23. The molecule has 5 nitrogen and oxygen atoms in total. The number of aromatic nitrogens is 3. The molecule has 0 bridgehead atoms. The topological polar surface area (TPSA) is 67.8 Å². The Morgan fingerprint density at radius 3 is 2.94 bits per heavy atom. The smallest absolute Gasteiger partial charge is 0.293 e. The summed E-state index contributed by atoms with van der Waals surface area (Å²) in [6.45, 7) is 2.19. The van der Waals surface area contributed by atoms with Crippen molar-refractivity contribution < 1.29 is 0 Å². The quantitative estimate of drug-likeness (QED) is 0.873. The summed E-state index contributed by atoms with van der Waals surface area (Å²) >= 11 is 7.14. The predicted molar refractivity (Wildman–Crippen MR) is 62.3 cm³/mol. The van der Waals surface area contributed by atoms with Crippen LogP contribution in [0.15, 0.2) is 21.2 Å². The molecule has 2 heterocycles. The third-order valence-corrected chi connectivity index (χ3v) is 3.06. The molecule has 2 aromatic rings. The van der Waals surface area contributed by atoms with Gasteiger partial charge in [0.1, 0.15) is 5.02 Å². The number of aryl methyl sites for hydroxylation is 1. The van der Waals surface area contributed by atoms with E-state index in [0.29, 0.717) is 6.54 Å². The van der Waals surface area contributed by atoms with Crippen molar-refractivity contribution in [3.05, 3.63) is 48.1 Å². The van der Waals surface area contributed by atoms with Crippen molar-refractivity contribution in [2.45, 2.75) is 13.5 Å². The van der Waals surface area contributed by atoms with Crippen molar-refractivity contribution in [2.24, 2.45) is 0 Å². The molecular weight excluding hydrogens is 250 g/mol. The summed E-state index contributed by atoms with van der Waals surface area (Å²) in [5.74, 6) is 0. The first-order valence-corrected chi connectivity index (χ1v) is 5.72. The minimum atomic E-state index is -0.572. The number of hydrogen-bond acceptors (Lipinski definition) is 4. The van der Waals surface area contributed by atoms with E-state index in [4.69, 9.17) is 11.6 Å². The second-order valence-electron chi connectivity index (χ2n) is 3.22. The third-order valence-electron chi connectivity index (χ3n) is 1.97. The zero-order chi connectivity index (χ0) is 11.7. The maximum absolute atomic E-state index is 11.4. The van der Waals surface area contributed by atoms with E-state index in [1.807, 2.05) is 12.3 Å². The number of thiazole rings is 1. The normalized spacial score (nSPS) is 10.6. The van der Waals surface area contributed by atoms with Gasteiger partial charge in [0, 0.05) is 11.6 Å². The molecule has 0 aliphatic heterocycles. The molecule has 7 heteroatoms. The fraction of sp³-hybridized carbons (Fsp3) is 0.222. The third kappa shape index (κ3) is 2.23. The van der Waals surface area contributed by atoms with Crippen molar-refractivity contribution in [2.75, 3.05) is 0 Å². The molecule has 0 saturated carbocycles. The zero-order valence-corrected chi connectivity index (χ0v) is 9.93. The van der Waals surface area contributed by atoms with Gasteiger partial charge in [-0.1, -0.05) is 11.6 Å². The van der Waals surface area contributed by atoms with Gasteiger partial charge in [0.05, 0.1) is 17.2 Å². The molecule has 0 saturated heterocycles. The molecule has 0 aliphatic carbocycles. The average Bonchev–Trinajstić information content (AvgIpc) is 2.60. The molecule has 0 aromatic carbocycles. The number of nitrogens with one attached hydrogen (secondary N) is 1. The van der Waals surface area contributed by atoms with Gasteiger partial charge in [-0.15, -0.1) is 11.3 Å². The van der Waals surface area contributed by atoms with E-state index in [1.165, 1.54) is 22.1 Å². The van der Waals surface area contributed by atoms with Crippen molar-refractivity contribution >= 4 is 22.9 Å². The molecular formula is C9H8ClN3O2S. The largest absolute Gasteiger partial charge is 0.328 e. The van der Waals surface area contributed by atoms with Gasteiger partial charge >= 0.3 is 5.69 Å². The number of H-pyrrole nitrogens is 1. The Balaban J connectivity index is 2.39. The van der Waals surface area contributed by atoms with Crippen molar-refractivity contribution in [1.82, 2.24) is 14.5 Å². The van der Waals surface area contributed by atoms with Crippen LogP contribution in [0.3, 0.4) is 0 Å². The summed E-state index contributed by atoms with van der Waals surface area (Å²) in [6, 6.07) is 0. The van der Waals surface area contributed by atoms with Crippen LogP contribution < -0.4 is 11.2 Å². The van der Waals surface area contributed by atoms with E-state index in [0.717, 1.165) is 10.7 Å². The second-order valence-corrected chi connectivity index (χ2v) is 4.69. The lowest BCUT2D eigenvalue weighted by molar-refractivity contribution is 0.707. The SMILES string of the molecule is Cc1nc(Cn2cc(Cl)c(=O)[nH]c2=O)cs1. The van der Waals surface area contributed by atoms with E-state index in [9.17, 15) is 9.59 Å². The van der Waals surface area contributed by atoms with Crippen LogP contribution in [0.5, 0.6) is 0 Å². The summed E-state index contributed by atoms with van der Waals surface area (Å²) in [5.41, 5.74) is -0.287. The molecule has 0 unspecified atom stereocenters. The van der Waals surface area contributed by atoms with Gasteiger partial charge in [-0.3, -0.25) is 14.3 Å². The lowest BCUT2D eigenvalue weighted by Crippen LogP contribution is -2.30. The summed E-state index contributed by atoms with van der Waals surface area (Å²) in [6.07, 6.45) is 1.32. The maximum Gasteiger partial charge on any atom is 0.328 e. The van der Waals surface area contributed by atoms with Crippen molar-refractivity contribution in [3.8, 4) is 0 Å². The average molecular weight is 258 g/mol. The fourth-order valence-electron chi connectivity index (χ4n) is 1.26. The molecule has 0 aliphatic rings. The molecule has 0 radical (unpaired) electrons. The summed E-state index contributed by atoms with van der Waals surface area (Å²) in [4.78, 5) is 28.8. The van der Waals surface area contributed by atoms with Crippen LogP contribution in [0.25, 0.3) is 0 Å². The Hall–Kier alpha value is -1.40. The standard InChI is InChI=1S/C9H8ClN3O2S/c1-5-11-6(4-16-5)2-13-3-7(10)8(14)12-9(13)15/h3-4H,2H2,1H3,(H,12,14,15). The van der Waals surface area contributed by atoms with Crippen LogP contribution in [-0.2, 0) is 6.54 Å². The van der Waals surface area contributed by atoms with Crippen LogP contribution in [0.2, 0.25) is 5.02 Å². The Bertz CT molecular complexity index is 628.